The van der Waals surface area contributed by atoms with E-state index in [-0.39, 0.29) is 56.7 Å². The van der Waals surface area contributed by atoms with Crippen molar-refractivity contribution in [2.75, 3.05) is 13.2 Å². The average molecular weight is 487 g/mol. The highest BCUT2D eigenvalue weighted by Gasteiger charge is 2.41. The van der Waals surface area contributed by atoms with Crippen molar-refractivity contribution < 1.29 is 37.8 Å². The number of carbonyl (C=O) groups is 4. The molecule has 4 amide bonds. The van der Waals surface area contributed by atoms with Gasteiger partial charge in [0.05, 0.1) is 6.61 Å². The van der Waals surface area contributed by atoms with E-state index < -0.39 is 29.3 Å². The van der Waals surface area contributed by atoms with Gasteiger partial charge in [0.25, 0.3) is 11.8 Å². The van der Waals surface area contributed by atoms with Crippen LogP contribution in [0, 0.1) is 0 Å². The summed E-state index contributed by atoms with van der Waals surface area (Å²) in [5, 5.41) is 13.2. The molecule has 2 aromatic rings. The molecule has 1 saturated heterocycles. The third kappa shape index (κ3) is 4.99. The van der Waals surface area contributed by atoms with Crippen LogP contribution in [0.1, 0.15) is 39.9 Å². The smallest absolute Gasteiger partial charge is 0.349 e. The zero-order chi connectivity index (χ0) is 25.2. The summed E-state index contributed by atoms with van der Waals surface area (Å²) in [4.78, 5) is 49.9. The molecule has 0 aromatic heterocycles. The van der Waals surface area contributed by atoms with Crippen LogP contribution in [0.2, 0.25) is 0 Å². The zero-order valence-corrected chi connectivity index (χ0v) is 18.6. The number of hydrogen-bond acceptors (Lipinski definition) is 6. The van der Waals surface area contributed by atoms with E-state index in [4.69, 9.17) is 9.84 Å². The van der Waals surface area contributed by atoms with Crippen molar-refractivity contribution >= 4 is 23.6 Å². The molecule has 2 heterocycles. The van der Waals surface area contributed by atoms with E-state index in [0.29, 0.717) is 16.7 Å². The van der Waals surface area contributed by atoms with Crippen molar-refractivity contribution in [3.05, 3.63) is 64.7 Å². The Kier molecular flexibility index (Phi) is 6.79. The lowest BCUT2D eigenvalue weighted by atomic mass is 10.0. The minimum Gasteiger partial charge on any atom is -0.491 e. The zero-order valence-electron chi connectivity index (χ0n) is 18.6. The maximum Gasteiger partial charge on any atom is 0.349 e. The van der Waals surface area contributed by atoms with Crippen molar-refractivity contribution in [1.29, 1.82) is 0 Å². The quantitative estimate of drug-likeness (QED) is 0.481. The maximum absolute atomic E-state index is 14.6. The third-order valence-corrected chi connectivity index (χ3v) is 5.90. The SMILES string of the molecule is O=C1CCC(N2Cc3cc(CNC(=O)C(F)(F)c4ccc(OCCO)cc4)ccc3C2=O)C(=O)N1. The predicted molar refractivity (Wildman–Crippen MR) is 117 cm³/mol. The molecule has 1 fully saturated rings. The van der Waals surface area contributed by atoms with Crippen LogP contribution in [0.25, 0.3) is 0 Å². The summed E-state index contributed by atoms with van der Waals surface area (Å²) in [6, 6.07) is 8.70. The molecular weight excluding hydrogens is 464 g/mol. The van der Waals surface area contributed by atoms with E-state index in [2.05, 4.69) is 10.6 Å². The van der Waals surface area contributed by atoms with Gasteiger partial charge in [0.2, 0.25) is 11.8 Å². The number of imide groups is 1. The first-order valence-corrected chi connectivity index (χ1v) is 11.0. The number of nitrogens with one attached hydrogen (secondary N) is 2. The van der Waals surface area contributed by atoms with Gasteiger partial charge < -0.3 is 20.1 Å². The van der Waals surface area contributed by atoms with Crippen LogP contribution in [0.4, 0.5) is 8.78 Å². The van der Waals surface area contributed by atoms with E-state index in [1.165, 1.54) is 23.1 Å². The lowest BCUT2D eigenvalue weighted by Crippen LogP contribution is -2.52. The summed E-state index contributed by atoms with van der Waals surface area (Å²) in [5.74, 6) is -6.23. The second-order valence-electron chi connectivity index (χ2n) is 8.24. The van der Waals surface area contributed by atoms with Gasteiger partial charge in [-0.15, -0.1) is 0 Å². The topological polar surface area (TPSA) is 125 Å². The van der Waals surface area contributed by atoms with Crippen molar-refractivity contribution in [2.45, 2.75) is 37.9 Å². The number of carbonyl (C=O) groups excluding carboxylic acids is 4. The molecule has 0 spiro atoms. The molecule has 0 saturated carbocycles. The molecular formula is C24H23F2N3O6. The van der Waals surface area contributed by atoms with E-state index in [9.17, 15) is 28.0 Å². The highest BCUT2D eigenvalue weighted by molar-refractivity contribution is 6.05. The number of aliphatic hydroxyl groups is 1. The second kappa shape index (κ2) is 9.79. The molecule has 11 heteroatoms. The minimum absolute atomic E-state index is 0.0217. The molecule has 0 aliphatic carbocycles. The molecule has 184 valence electrons. The Labute approximate surface area is 199 Å². The average Bonchev–Trinajstić information content (AvgIpc) is 3.16. The molecule has 3 N–H and O–H groups in total. The summed E-state index contributed by atoms with van der Waals surface area (Å²) < 4.78 is 34.4. The van der Waals surface area contributed by atoms with Crippen molar-refractivity contribution in [1.82, 2.24) is 15.5 Å². The number of fused-ring (bicyclic) bond motifs is 1. The fourth-order valence-corrected chi connectivity index (χ4v) is 4.09. The third-order valence-electron chi connectivity index (χ3n) is 5.90. The van der Waals surface area contributed by atoms with Crippen LogP contribution in [-0.4, -0.2) is 52.9 Å². The van der Waals surface area contributed by atoms with Gasteiger partial charge in [-0.2, -0.15) is 8.78 Å². The van der Waals surface area contributed by atoms with Crippen molar-refractivity contribution in [3.8, 4) is 5.75 Å². The van der Waals surface area contributed by atoms with Crippen LogP contribution >= 0.6 is 0 Å². The van der Waals surface area contributed by atoms with Crippen molar-refractivity contribution in [3.63, 3.8) is 0 Å². The number of amides is 4. The van der Waals surface area contributed by atoms with E-state index in [0.717, 1.165) is 12.1 Å². The molecule has 2 aromatic carbocycles. The monoisotopic (exact) mass is 487 g/mol. The Hall–Kier alpha value is -3.86. The Morgan fingerprint density at radius 1 is 1.17 bits per heavy atom. The second-order valence-corrected chi connectivity index (χ2v) is 8.24. The summed E-state index contributed by atoms with van der Waals surface area (Å²) in [5.41, 5.74) is 1.000. The molecule has 1 atom stereocenters. The molecule has 0 radical (unpaired) electrons. The fraction of sp³-hybridized carbons (Fsp3) is 0.333. The predicted octanol–water partition coefficient (Wildman–Crippen LogP) is 1.23. The van der Waals surface area contributed by atoms with Crippen LogP contribution in [0.3, 0.4) is 0 Å². The van der Waals surface area contributed by atoms with Crippen molar-refractivity contribution in [2.24, 2.45) is 0 Å². The number of hydrogen-bond donors (Lipinski definition) is 3. The highest BCUT2D eigenvalue weighted by atomic mass is 19.3. The lowest BCUT2D eigenvalue weighted by molar-refractivity contribution is -0.147. The first kappa shape index (κ1) is 24.3. The molecule has 1 unspecified atom stereocenters. The molecule has 2 aliphatic rings. The highest BCUT2D eigenvalue weighted by Crippen LogP contribution is 2.31. The molecule has 4 rings (SSSR count). The van der Waals surface area contributed by atoms with Gasteiger partial charge in [0, 0.05) is 30.6 Å². The van der Waals surface area contributed by atoms with Gasteiger partial charge in [-0.1, -0.05) is 12.1 Å². The number of piperidine rings is 1. The van der Waals surface area contributed by atoms with E-state index in [1.54, 1.807) is 12.1 Å². The number of benzene rings is 2. The van der Waals surface area contributed by atoms with E-state index in [1.807, 2.05) is 0 Å². The maximum atomic E-state index is 14.6. The summed E-state index contributed by atoms with van der Waals surface area (Å²) in [6.07, 6.45) is 0.372. The first-order valence-electron chi connectivity index (χ1n) is 11.0. The minimum atomic E-state index is -3.79. The van der Waals surface area contributed by atoms with Crippen LogP contribution in [0.5, 0.6) is 5.75 Å². The molecule has 0 bridgehead atoms. The number of alkyl halides is 2. The standard InChI is InChI=1S/C24H23F2N3O6/c25-24(26,16-2-4-17(5-3-16)35-10-9-30)23(34)27-12-14-1-6-18-15(11-14)13-29(22(18)33)19-7-8-20(31)28-21(19)32/h1-6,11,19,30H,7-10,12-13H2,(H,27,34)(H,28,31,32). The Balaban J connectivity index is 1.39. The number of halogens is 2. The summed E-state index contributed by atoms with van der Waals surface area (Å²) in [6.45, 7) is -0.241. The molecule has 9 nitrogen and oxygen atoms in total. The lowest BCUT2D eigenvalue weighted by Gasteiger charge is -2.29. The first-order chi connectivity index (χ1) is 16.7. The largest absolute Gasteiger partial charge is 0.491 e. The van der Waals surface area contributed by atoms with Gasteiger partial charge in [0.15, 0.2) is 0 Å². The Bertz CT molecular complexity index is 1170. The molecule has 2 aliphatic heterocycles. The number of ether oxygens (including phenoxy) is 1. The van der Waals surface area contributed by atoms with E-state index >= 15 is 0 Å². The van der Waals surface area contributed by atoms with Crippen LogP contribution in [0.15, 0.2) is 42.5 Å². The van der Waals surface area contributed by atoms with Gasteiger partial charge in [-0.25, -0.2) is 0 Å². The fourth-order valence-electron chi connectivity index (χ4n) is 4.09. The summed E-state index contributed by atoms with van der Waals surface area (Å²) in [7, 11) is 0. The van der Waals surface area contributed by atoms with Crippen LogP contribution < -0.4 is 15.4 Å². The van der Waals surface area contributed by atoms with Gasteiger partial charge >= 0.3 is 5.92 Å². The van der Waals surface area contributed by atoms with Gasteiger partial charge in [0.1, 0.15) is 18.4 Å². The normalized spacial score (nSPS) is 17.7. The van der Waals surface area contributed by atoms with Gasteiger partial charge in [-0.05, 0) is 47.9 Å². The Morgan fingerprint density at radius 3 is 2.60 bits per heavy atom. The van der Waals surface area contributed by atoms with Crippen LogP contribution in [-0.2, 0) is 33.4 Å². The number of rotatable bonds is 8. The molecule has 35 heavy (non-hydrogen) atoms. The number of aliphatic hydroxyl groups excluding tert-OH is 1. The number of nitrogens with zero attached hydrogens (tertiary/aromatic N) is 1. The van der Waals surface area contributed by atoms with Gasteiger partial charge in [-0.3, -0.25) is 24.5 Å². The Morgan fingerprint density at radius 2 is 1.91 bits per heavy atom. The summed E-state index contributed by atoms with van der Waals surface area (Å²) >= 11 is 0.